The third-order valence-electron chi connectivity index (χ3n) is 2.50. The zero-order valence-corrected chi connectivity index (χ0v) is 9.79. The summed E-state index contributed by atoms with van der Waals surface area (Å²) in [6, 6.07) is 1.91. The molecule has 0 amide bonds. The zero-order chi connectivity index (χ0) is 10.1. The number of rotatable bonds is 3. The summed E-state index contributed by atoms with van der Waals surface area (Å²) in [5, 5.41) is 0. The Labute approximate surface area is 92.4 Å². The van der Waals surface area contributed by atoms with Crippen LogP contribution in [0.5, 0.6) is 0 Å². The topological polar surface area (TPSA) is 42.1 Å². The Balaban J connectivity index is 2.15. The highest BCUT2D eigenvalue weighted by Crippen LogP contribution is 2.33. The number of nitrogen functional groups attached to an aromatic ring is 1. The van der Waals surface area contributed by atoms with Crippen LogP contribution >= 0.6 is 15.9 Å². The summed E-state index contributed by atoms with van der Waals surface area (Å²) in [5.74, 6) is 1.45. The maximum absolute atomic E-state index is 5.65. The molecule has 1 aliphatic rings. The fourth-order valence-corrected chi connectivity index (χ4v) is 2.04. The number of hydrogen-bond acceptors (Lipinski definition) is 3. The summed E-state index contributed by atoms with van der Waals surface area (Å²) in [7, 11) is 2.10. The van der Waals surface area contributed by atoms with E-state index in [2.05, 4.69) is 32.9 Å². The molecule has 0 saturated heterocycles. The predicted octanol–water partition coefficient (Wildman–Crippen LogP) is 2.27. The van der Waals surface area contributed by atoms with Crippen molar-refractivity contribution in [3.05, 3.63) is 16.7 Å². The van der Waals surface area contributed by atoms with Gasteiger partial charge in [-0.15, -0.1) is 0 Å². The molecule has 1 aromatic heterocycles. The maximum Gasteiger partial charge on any atom is 0.125 e. The molecular weight excluding hydrogens is 242 g/mol. The van der Waals surface area contributed by atoms with Gasteiger partial charge in [-0.05, 0) is 34.7 Å². The van der Waals surface area contributed by atoms with Crippen LogP contribution in [0.25, 0.3) is 0 Å². The van der Waals surface area contributed by atoms with E-state index in [1.807, 2.05) is 6.07 Å². The molecule has 0 aliphatic heterocycles. The fraction of sp³-hybridized carbons (Fsp3) is 0.500. The van der Waals surface area contributed by atoms with Gasteiger partial charge >= 0.3 is 0 Å². The fourth-order valence-electron chi connectivity index (χ4n) is 1.52. The van der Waals surface area contributed by atoms with Gasteiger partial charge in [-0.2, -0.15) is 0 Å². The molecule has 0 spiro atoms. The first kappa shape index (κ1) is 9.77. The van der Waals surface area contributed by atoms with Gasteiger partial charge in [0.2, 0.25) is 0 Å². The summed E-state index contributed by atoms with van der Waals surface area (Å²) in [6.07, 6.45) is 4.49. The highest BCUT2D eigenvalue weighted by atomic mass is 79.9. The third kappa shape index (κ3) is 2.18. The smallest absolute Gasteiger partial charge is 0.125 e. The molecule has 0 bridgehead atoms. The molecule has 76 valence electrons. The van der Waals surface area contributed by atoms with Crippen LogP contribution < -0.4 is 10.6 Å². The van der Waals surface area contributed by atoms with E-state index in [0.29, 0.717) is 5.82 Å². The summed E-state index contributed by atoms with van der Waals surface area (Å²) < 4.78 is 1.01. The first-order chi connectivity index (χ1) is 6.66. The van der Waals surface area contributed by atoms with Gasteiger partial charge in [0.15, 0.2) is 0 Å². The van der Waals surface area contributed by atoms with Crippen molar-refractivity contribution in [3.63, 3.8) is 0 Å². The van der Waals surface area contributed by atoms with E-state index in [1.54, 1.807) is 6.20 Å². The van der Waals surface area contributed by atoms with Gasteiger partial charge in [0.05, 0.1) is 10.2 Å². The Morgan fingerprint density at radius 1 is 1.64 bits per heavy atom. The Hall–Kier alpha value is -0.770. The second-order valence-corrected chi connectivity index (χ2v) is 4.74. The van der Waals surface area contributed by atoms with Crippen molar-refractivity contribution >= 4 is 27.4 Å². The average molecular weight is 256 g/mol. The second-order valence-electron chi connectivity index (χ2n) is 3.88. The van der Waals surface area contributed by atoms with Crippen LogP contribution in [0.3, 0.4) is 0 Å². The maximum atomic E-state index is 5.65. The lowest BCUT2D eigenvalue weighted by Gasteiger charge is -2.20. The van der Waals surface area contributed by atoms with E-state index in [-0.39, 0.29) is 0 Å². The summed E-state index contributed by atoms with van der Waals surface area (Å²) in [4.78, 5) is 6.26. The van der Waals surface area contributed by atoms with Crippen molar-refractivity contribution in [1.29, 1.82) is 0 Å². The van der Waals surface area contributed by atoms with Crippen LogP contribution in [0.2, 0.25) is 0 Å². The molecule has 1 aliphatic carbocycles. The molecule has 0 radical (unpaired) electrons. The minimum Gasteiger partial charge on any atom is -0.384 e. The van der Waals surface area contributed by atoms with Crippen molar-refractivity contribution in [3.8, 4) is 0 Å². The van der Waals surface area contributed by atoms with Crippen LogP contribution in [-0.2, 0) is 0 Å². The molecule has 1 aromatic rings. The van der Waals surface area contributed by atoms with Gasteiger partial charge in [0.1, 0.15) is 5.82 Å². The van der Waals surface area contributed by atoms with Crippen molar-refractivity contribution in [2.75, 3.05) is 24.2 Å². The quantitative estimate of drug-likeness (QED) is 0.902. The average Bonchev–Trinajstić information content (AvgIpc) is 2.93. The molecule has 1 fully saturated rings. The molecule has 0 aromatic carbocycles. The van der Waals surface area contributed by atoms with Crippen molar-refractivity contribution < 1.29 is 0 Å². The van der Waals surface area contributed by atoms with Crippen molar-refractivity contribution in [1.82, 2.24) is 4.98 Å². The molecule has 3 nitrogen and oxygen atoms in total. The van der Waals surface area contributed by atoms with E-state index in [0.717, 1.165) is 22.6 Å². The molecule has 2 N–H and O–H groups in total. The van der Waals surface area contributed by atoms with Crippen LogP contribution in [0.15, 0.2) is 16.7 Å². The van der Waals surface area contributed by atoms with Gasteiger partial charge in [-0.3, -0.25) is 0 Å². The summed E-state index contributed by atoms with van der Waals surface area (Å²) in [6.45, 7) is 1.11. The van der Waals surface area contributed by atoms with Gasteiger partial charge < -0.3 is 10.6 Å². The highest BCUT2D eigenvalue weighted by molar-refractivity contribution is 9.10. The largest absolute Gasteiger partial charge is 0.384 e. The number of anilines is 2. The lowest BCUT2D eigenvalue weighted by molar-refractivity contribution is 0.785. The van der Waals surface area contributed by atoms with Crippen molar-refractivity contribution in [2.45, 2.75) is 12.8 Å². The third-order valence-corrected chi connectivity index (χ3v) is 3.11. The monoisotopic (exact) mass is 255 g/mol. The Morgan fingerprint density at radius 2 is 2.36 bits per heavy atom. The standard InChI is InChI=1S/C10H14BrN3/c1-14(6-7-2-3-7)9-4-10(12)13-5-8(9)11/h4-5,7H,2-3,6H2,1H3,(H2,12,13). The first-order valence-electron chi connectivity index (χ1n) is 4.79. The summed E-state index contributed by atoms with van der Waals surface area (Å²) >= 11 is 3.48. The zero-order valence-electron chi connectivity index (χ0n) is 8.20. The minimum absolute atomic E-state index is 0.575. The van der Waals surface area contributed by atoms with E-state index < -0.39 is 0 Å². The Bertz CT molecular complexity index is 336. The minimum atomic E-state index is 0.575. The number of nitrogens with zero attached hydrogens (tertiary/aromatic N) is 2. The van der Waals surface area contributed by atoms with E-state index in [4.69, 9.17) is 5.73 Å². The molecule has 14 heavy (non-hydrogen) atoms. The molecule has 1 saturated carbocycles. The lowest BCUT2D eigenvalue weighted by Crippen LogP contribution is -2.20. The summed E-state index contributed by atoms with van der Waals surface area (Å²) in [5.41, 5.74) is 6.78. The van der Waals surface area contributed by atoms with Crippen LogP contribution in [0.1, 0.15) is 12.8 Å². The number of hydrogen-bond donors (Lipinski definition) is 1. The van der Waals surface area contributed by atoms with Crippen LogP contribution in [0, 0.1) is 5.92 Å². The van der Waals surface area contributed by atoms with Crippen LogP contribution in [-0.4, -0.2) is 18.6 Å². The van der Waals surface area contributed by atoms with Gasteiger partial charge in [-0.1, -0.05) is 0 Å². The van der Waals surface area contributed by atoms with Gasteiger partial charge in [0.25, 0.3) is 0 Å². The number of nitrogens with two attached hydrogens (primary N) is 1. The van der Waals surface area contributed by atoms with Crippen LogP contribution in [0.4, 0.5) is 11.5 Å². The van der Waals surface area contributed by atoms with Gasteiger partial charge in [0, 0.05) is 25.9 Å². The van der Waals surface area contributed by atoms with E-state index in [1.165, 1.54) is 12.8 Å². The molecular formula is C10H14BrN3. The lowest BCUT2D eigenvalue weighted by atomic mass is 10.3. The van der Waals surface area contributed by atoms with Gasteiger partial charge in [-0.25, -0.2) is 4.98 Å². The van der Waals surface area contributed by atoms with E-state index >= 15 is 0 Å². The molecule has 0 atom stereocenters. The first-order valence-corrected chi connectivity index (χ1v) is 5.58. The Kier molecular flexibility index (Phi) is 2.63. The number of aromatic nitrogens is 1. The number of halogens is 1. The second kappa shape index (κ2) is 3.77. The SMILES string of the molecule is CN(CC1CC1)c1cc(N)ncc1Br. The molecule has 0 unspecified atom stereocenters. The van der Waals surface area contributed by atoms with E-state index in [9.17, 15) is 0 Å². The highest BCUT2D eigenvalue weighted by Gasteiger charge is 2.23. The molecule has 4 heteroatoms. The molecule has 1 heterocycles. The predicted molar refractivity (Wildman–Crippen MR) is 62.3 cm³/mol. The molecule has 2 rings (SSSR count). The number of pyridine rings is 1. The van der Waals surface area contributed by atoms with Crippen molar-refractivity contribution in [2.24, 2.45) is 5.92 Å². The Morgan fingerprint density at radius 3 is 3.00 bits per heavy atom. The normalized spacial score (nSPS) is 15.6.